The summed E-state index contributed by atoms with van der Waals surface area (Å²) in [5.41, 5.74) is 5.22. The molecule has 4 N–H and O–H groups in total. The van der Waals surface area contributed by atoms with Gasteiger partial charge in [0, 0.05) is 18.2 Å². The van der Waals surface area contributed by atoms with Crippen molar-refractivity contribution in [2.24, 2.45) is 0 Å². The van der Waals surface area contributed by atoms with E-state index in [9.17, 15) is 14.9 Å². The third kappa shape index (κ3) is 3.42. The standard InChI is InChI=1S/C10H13N3O4/c1-6(14)5-12-10(15)7-2-3-8(11)9(4-7)13(16)17/h2-4,6,14H,5,11H2,1H3,(H,12,15). The van der Waals surface area contributed by atoms with Crippen molar-refractivity contribution >= 4 is 17.3 Å². The molecule has 17 heavy (non-hydrogen) atoms. The van der Waals surface area contributed by atoms with Gasteiger partial charge in [-0.15, -0.1) is 0 Å². The predicted octanol–water partition coefficient (Wildman–Crippen LogP) is 0.288. The van der Waals surface area contributed by atoms with E-state index < -0.39 is 16.9 Å². The predicted molar refractivity (Wildman–Crippen MR) is 61.5 cm³/mol. The number of hydrogen-bond acceptors (Lipinski definition) is 5. The highest BCUT2D eigenvalue weighted by Gasteiger charge is 2.15. The quantitative estimate of drug-likeness (QED) is 0.396. The Morgan fingerprint density at radius 3 is 2.82 bits per heavy atom. The molecule has 0 aliphatic carbocycles. The molecule has 1 unspecified atom stereocenters. The Morgan fingerprint density at radius 1 is 1.65 bits per heavy atom. The zero-order valence-corrected chi connectivity index (χ0v) is 9.21. The number of nitro groups is 1. The van der Waals surface area contributed by atoms with E-state index in [-0.39, 0.29) is 23.5 Å². The molecule has 1 aromatic carbocycles. The number of carbonyl (C=O) groups excluding carboxylic acids is 1. The van der Waals surface area contributed by atoms with E-state index in [2.05, 4.69) is 5.32 Å². The summed E-state index contributed by atoms with van der Waals surface area (Å²) >= 11 is 0. The molecule has 0 heterocycles. The van der Waals surface area contributed by atoms with Crippen LogP contribution in [0.1, 0.15) is 17.3 Å². The van der Waals surface area contributed by atoms with Crippen molar-refractivity contribution in [1.82, 2.24) is 5.32 Å². The van der Waals surface area contributed by atoms with E-state index in [0.717, 1.165) is 6.07 Å². The van der Waals surface area contributed by atoms with Gasteiger partial charge in [-0.3, -0.25) is 14.9 Å². The summed E-state index contributed by atoms with van der Waals surface area (Å²) < 4.78 is 0. The van der Waals surface area contributed by atoms with E-state index in [1.54, 1.807) is 0 Å². The number of aliphatic hydroxyl groups is 1. The van der Waals surface area contributed by atoms with E-state index in [1.165, 1.54) is 19.1 Å². The summed E-state index contributed by atoms with van der Waals surface area (Å²) in [6.45, 7) is 1.60. The molecule has 0 fully saturated rings. The maximum Gasteiger partial charge on any atom is 0.292 e. The SMILES string of the molecule is CC(O)CNC(=O)c1ccc(N)c([N+](=O)[O-])c1. The fraction of sp³-hybridized carbons (Fsp3) is 0.300. The van der Waals surface area contributed by atoms with Crippen LogP contribution >= 0.6 is 0 Å². The molecule has 92 valence electrons. The number of amides is 1. The average Bonchev–Trinajstić information content (AvgIpc) is 2.26. The first-order valence-electron chi connectivity index (χ1n) is 4.92. The molecule has 1 atom stereocenters. The first-order chi connectivity index (χ1) is 7.91. The monoisotopic (exact) mass is 239 g/mol. The number of carbonyl (C=O) groups is 1. The molecule has 0 saturated carbocycles. The first kappa shape index (κ1) is 12.9. The second kappa shape index (κ2) is 5.26. The Morgan fingerprint density at radius 2 is 2.29 bits per heavy atom. The molecule has 1 rings (SSSR count). The molecule has 1 amide bonds. The number of anilines is 1. The second-order valence-electron chi connectivity index (χ2n) is 3.59. The number of nitrogens with two attached hydrogens (primary N) is 1. The van der Waals surface area contributed by atoms with E-state index >= 15 is 0 Å². The zero-order valence-electron chi connectivity index (χ0n) is 9.21. The lowest BCUT2D eigenvalue weighted by atomic mass is 10.1. The van der Waals surface area contributed by atoms with Crippen molar-refractivity contribution in [2.45, 2.75) is 13.0 Å². The number of nitrogens with one attached hydrogen (secondary N) is 1. The Hall–Kier alpha value is -2.15. The highest BCUT2D eigenvalue weighted by molar-refractivity contribution is 5.95. The third-order valence-corrected chi connectivity index (χ3v) is 2.05. The van der Waals surface area contributed by atoms with Crippen LogP contribution in [0, 0.1) is 10.1 Å². The molecular formula is C10H13N3O4. The van der Waals surface area contributed by atoms with Crippen molar-refractivity contribution in [3.05, 3.63) is 33.9 Å². The van der Waals surface area contributed by atoms with Gasteiger partial charge in [0.15, 0.2) is 0 Å². The largest absolute Gasteiger partial charge is 0.393 e. The van der Waals surface area contributed by atoms with Crippen LogP contribution in [0.5, 0.6) is 0 Å². The van der Waals surface area contributed by atoms with Gasteiger partial charge >= 0.3 is 0 Å². The van der Waals surface area contributed by atoms with E-state index in [0.29, 0.717) is 0 Å². The van der Waals surface area contributed by atoms with Crippen LogP contribution in [0.2, 0.25) is 0 Å². The molecular weight excluding hydrogens is 226 g/mol. The lowest BCUT2D eigenvalue weighted by Gasteiger charge is -2.07. The molecule has 0 spiro atoms. The van der Waals surface area contributed by atoms with Gasteiger partial charge in [0.2, 0.25) is 0 Å². The number of nitrogens with zero attached hydrogens (tertiary/aromatic N) is 1. The molecule has 0 saturated heterocycles. The molecule has 1 aromatic rings. The summed E-state index contributed by atoms with van der Waals surface area (Å²) in [5.74, 6) is -0.492. The summed E-state index contributed by atoms with van der Waals surface area (Å²) in [7, 11) is 0. The molecule has 7 nitrogen and oxygen atoms in total. The Bertz CT molecular complexity index is 445. The molecule has 0 radical (unpaired) electrons. The number of rotatable bonds is 4. The van der Waals surface area contributed by atoms with Gasteiger partial charge < -0.3 is 16.2 Å². The normalized spacial score (nSPS) is 11.9. The van der Waals surface area contributed by atoms with Crippen molar-refractivity contribution in [3.8, 4) is 0 Å². The molecule has 0 aliphatic rings. The number of aliphatic hydroxyl groups excluding tert-OH is 1. The van der Waals surface area contributed by atoms with Crippen LogP contribution in [0.4, 0.5) is 11.4 Å². The Balaban J connectivity index is 2.88. The lowest BCUT2D eigenvalue weighted by Crippen LogP contribution is -2.30. The number of benzene rings is 1. The maximum atomic E-state index is 11.5. The number of nitrogen functional groups attached to an aromatic ring is 1. The second-order valence-corrected chi connectivity index (χ2v) is 3.59. The fourth-order valence-electron chi connectivity index (χ4n) is 1.19. The van der Waals surface area contributed by atoms with Crippen LogP contribution in [0.25, 0.3) is 0 Å². The van der Waals surface area contributed by atoms with Gasteiger partial charge in [-0.05, 0) is 19.1 Å². The van der Waals surface area contributed by atoms with Crippen molar-refractivity contribution in [2.75, 3.05) is 12.3 Å². The van der Waals surface area contributed by atoms with E-state index in [1.807, 2.05) is 0 Å². The number of nitro benzene ring substituents is 1. The van der Waals surface area contributed by atoms with Crippen LogP contribution in [0.15, 0.2) is 18.2 Å². The minimum absolute atomic E-state index is 0.00192. The van der Waals surface area contributed by atoms with Gasteiger partial charge in [0.05, 0.1) is 11.0 Å². The number of hydrogen-bond donors (Lipinski definition) is 3. The molecule has 7 heteroatoms. The minimum atomic E-state index is -0.678. The van der Waals surface area contributed by atoms with Gasteiger partial charge in [-0.1, -0.05) is 0 Å². The smallest absolute Gasteiger partial charge is 0.292 e. The van der Waals surface area contributed by atoms with Gasteiger partial charge in [0.1, 0.15) is 5.69 Å². The summed E-state index contributed by atoms with van der Waals surface area (Å²) in [5, 5.41) is 22.0. The summed E-state index contributed by atoms with van der Waals surface area (Å²) in [4.78, 5) is 21.5. The van der Waals surface area contributed by atoms with Crippen molar-refractivity contribution in [3.63, 3.8) is 0 Å². The van der Waals surface area contributed by atoms with Crippen LogP contribution in [-0.2, 0) is 0 Å². The third-order valence-electron chi connectivity index (χ3n) is 2.05. The van der Waals surface area contributed by atoms with Crippen LogP contribution < -0.4 is 11.1 Å². The lowest BCUT2D eigenvalue weighted by molar-refractivity contribution is -0.383. The van der Waals surface area contributed by atoms with E-state index in [4.69, 9.17) is 10.8 Å². The average molecular weight is 239 g/mol. The van der Waals surface area contributed by atoms with Crippen LogP contribution in [-0.4, -0.2) is 28.6 Å². The topological polar surface area (TPSA) is 118 Å². The van der Waals surface area contributed by atoms with Gasteiger partial charge in [-0.25, -0.2) is 0 Å². The highest BCUT2D eigenvalue weighted by atomic mass is 16.6. The summed E-state index contributed by atoms with van der Waals surface area (Å²) in [6, 6.07) is 3.79. The molecule has 0 aliphatic heterocycles. The summed E-state index contributed by atoms with van der Waals surface area (Å²) in [6.07, 6.45) is -0.678. The first-order valence-corrected chi connectivity index (χ1v) is 4.92. The van der Waals surface area contributed by atoms with Gasteiger partial charge in [-0.2, -0.15) is 0 Å². The van der Waals surface area contributed by atoms with Crippen LogP contribution in [0.3, 0.4) is 0 Å². The minimum Gasteiger partial charge on any atom is -0.393 e. The van der Waals surface area contributed by atoms with Crippen molar-refractivity contribution in [1.29, 1.82) is 0 Å². The fourth-order valence-corrected chi connectivity index (χ4v) is 1.19. The van der Waals surface area contributed by atoms with Gasteiger partial charge in [0.25, 0.3) is 11.6 Å². The molecule has 0 aromatic heterocycles. The highest BCUT2D eigenvalue weighted by Crippen LogP contribution is 2.22. The molecule has 0 bridgehead atoms. The Kier molecular flexibility index (Phi) is 4.00. The zero-order chi connectivity index (χ0) is 13.0. The van der Waals surface area contributed by atoms with Crippen molar-refractivity contribution < 1.29 is 14.8 Å². The Labute approximate surface area is 97.4 Å². The maximum absolute atomic E-state index is 11.5.